The van der Waals surface area contributed by atoms with Crippen LogP contribution in [0.5, 0.6) is 0 Å². The van der Waals surface area contributed by atoms with E-state index < -0.39 is 0 Å². The van der Waals surface area contributed by atoms with Crippen molar-refractivity contribution in [3.8, 4) is 0 Å². The highest BCUT2D eigenvalue weighted by atomic mass is 16.5. The molecule has 1 unspecified atom stereocenters. The summed E-state index contributed by atoms with van der Waals surface area (Å²) in [5, 5.41) is 3.20. The van der Waals surface area contributed by atoms with E-state index in [4.69, 9.17) is 4.74 Å². The van der Waals surface area contributed by atoms with E-state index in [0.717, 1.165) is 38.2 Å². The van der Waals surface area contributed by atoms with Crippen LogP contribution in [-0.4, -0.2) is 48.6 Å². The zero-order valence-electron chi connectivity index (χ0n) is 12.3. The first-order chi connectivity index (χ1) is 9.70. The summed E-state index contributed by atoms with van der Waals surface area (Å²) in [6, 6.07) is 3.56. The molecule has 0 saturated carbocycles. The topological polar surface area (TPSA) is 54.5 Å². The Bertz CT molecular complexity index is 444. The molecule has 1 fully saturated rings. The van der Waals surface area contributed by atoms with Gasteiger partial charge in [0, 0.05) is 38.5 Å². The summed E-state index contributed by atoms with van der Waals surface area (Å²) in [5.41, 5.74) is 0.666. The van der Waals surface area contributed by atoms with E-state index in [1.807, 2.05) is 13.1 Å². The zero-order valence-corrected chi connectivity index (χ0v) is 12.3. The first-order valence-electron chi connectivity index (χ1n) is 7.27. The van der Waals surface area contributed by atoms with Crippen LogP contribution in [0.3, 0.4) is 0 Å². The van der Waals surface area contributed by atoms with E-state index in [9.17, 15) is 4.79 Å². The number of hydrogen-bond acceptors (Lipinski definition) is 4. The Morgan fingerprint density at radius 2 is 2.45 bits per heavy atom. The third-order valence-electron chi connectivity index (χ3n) is 3.41. The van der Waals surface area contributed by atoms with Gasteiger partial charge in [0.1, 0.15) is 5.82 Å². The van der Waals surface area contributed by atoms with Gasteiger partial charge >= 0.3 is 0 Å². The van der Waals surface area contributed by atoms with Crippen molar-refractivity contribution in [2.24, 2.45) is 0 Å². The van der Waals surface area contributed by atoms with Gasteiger partial charge in [-0.1, -0.05) is 6.92 Å². The van der Waals surface area contributed by atoms with E-state index in [2.05, 4.69) is 17.2 Å². The molecule has 1 atom stereocenters. The number of amides is 1. The molecule has 0 radical (unpaired) electrons. The fraction of sp³-hybridized carbons (Fsp3) is 0.600. The summed E-state index contributed by atoms with van der Waals surface area (Å²) in [5.74, 6) is 0.769. The fourth-order valence-corrected chi connectivity index (χ4v) is 2.31. The first kappa shape index (κ1) is 14.8. The van der Waals surface area contributed by atoms with Crippen LogP contribution in [0.1, 0.15) is 36.5 Å². The molecule has 20 heavy (non-hydrogen) atoms. The number of rotatable bonds is 6. The van der Waals surface area contributed by atoms with Crippen molar-refractivity contribution in [2.45, 2.75) is 32.3 Å². The molecule has 1 aliphatic heterocycles. The molecule has 0 bridgehead atoms. The summed E-state index contributed by atoms with van der Waals surface area (Å²) in [7, 11) is 1.82. The number of aromatic nitrogens is 1. The fourth-order valence-electron chi connectivity index (χ4n) is 2.31. The molecule has 1 aliphatic rings. The van der Waals surface area contributed by atoms with E-state index in [1.165, 1.54) is 0 Å². The normalized spacial score (nSPS) is 18.0. The van der Waals surface area contributed by atoms with Crippen LogP contribution < -0.4 is 5.32 Å². The molecule has 0 aromatic carbocycles. The van der Waals surface area contributed by atoms with Crippen LogP contribution in [0.2, 0.25) is 0 Å². The first-order valence-corrected chi connectivity index (χ1v) is 7.27. The highest BCUT2D eigenvalue weighted by Gasteiger charge is 2.21. The Balaban J connectivity index is 1.96. The van der Waals surface area contributed by atoms with Crippen LogP contribution in [0.4, 0.5) is 5.82 Å². The summed E-state index contributed by atoms with van der Waals surface area (Å²) in [6.45, 7) is 4.42. The van der Waals surface area contributed by atoms with Crippen molar-refractivity contribution < 1.29 is 9.53 Å². The van der Waals surface area contributed by atoms with Gasteiger partial charge in [-0.15, -0.1) is 0 Å². The van der Waals surface area contributed by atoms with Crippen LogP contribution in [0, 0.1) is 0 Å². The van der Waals surface area contributed by atoms with Crippen LogP contribution in [-0.2, 0) is 4.74 Å². The van der Waals surface area contributed by atoms with Gasteiger partial charge in [0.2, 0.25) is 0 Å². The largest absolute Gasteiger partial charge is 0.376 e. The third kappa shape index (κ3) is 3.93. The summed E-state index contributed by atoms with van der Waals surface area (Å²) >= 11 is 0. The molecule has 0 aliphatic carbocycles. The predicted octanol–water partition coefficient (Wildman–Crippen LogP) is 2.15. The van der Waals surface area contributed by atoms with Gasteiger partial charge < -0.3 is 15.0 Å². The number of anilines is 1. The molecule has 1 aromatic heterocycles. The molecule has 2 rings (SSSR count). The van der Waals surface area contributed by atoms with Crippen molar-refractivity contribution in [2.75, 3.05) is 32.1 Å². The maximum absolute atomic E-state index is 12.4. The maximum Gasteiger partial charge on any atom is 0.253 e. The number of pyridine rings is 1. The third-order valence-corrected chi connectivity index (χ3v) is 3.41. The van der Waals surface area contributed by atoms with Crippen molar-refractivity contribution in [1.29, 1.82) is 0 Å². The van der Waals surface area contributed by atoms with Crippen LogP contribution >= 0.6 is 0 Å². The molecule has 1 saturated heterocycles. The second kappa shape index (κ2) is 7.24. The number of hydrogen-bond donors (Lipinski definition) is 1. The molecule has 5 heteroatoms. The lowest BCUT2D eigenvalue weighted by Crippen LogP contribution is -2.34. The number of nitrogens with one attached hydrogen (secondary N) is 1. The molecule has 2 heterocycles. The van der Waals surface area contributed by atoms with Crippen molar-refractivity contribution in [3.63, 3.8) is 0 Å². The monoisotopic (exact) mass is 277 g/mol. The second-order valence-electron chi connectivity index (χ2n) is 5.18. The Kier molecular flexibility index (Phi) is 5.35. The Hall–Kier alpha value is -1.62. The van der Waals surface area contributed by atoms with Gasteiger partial charge in [-0.2, -0.15) is 0 Å². The van der Waals surface area contributed by atoms with Crippen LogP contribution in [0.15, 0.2) is 18.3 Å². The minimum atomic E-state index is 0.0162. The summed E-state index contributed by atoms with van der Waals surface area (Å²) in [4.78, 5) is 18.3. The maximum atomic E-state index is 12.4. The highest BCUT2D eigenvalue weighted by molar-refractivity contribution is 5.94. The van der Waals surface area contributed by atoms with Gasteiger partial charge in [0.25, 0.3) is 5.91 Å². The second-order valence-corrected chi connectivity index (χ2v) is 5.18. The average molecular weight is 277 g/mol. The van der Waals surface area contributed by atoms with Gasteiger partial charge in [0.15, 0.2) is 0 Å². The Morgan fingerprint density at radius 3 is 3.15 bits per heavy atom. The SMILES string of the molecule is CCCNc1cc(C(=O)N(C)CC2CCCO2)ccn1. The summed E-state index contributed by atoms with van der Waals surface area (Å²) in [6.07, 6.45) is 5.01. The lowest BCUT2D eigenvalue weighted by atomic mass is 10.2. The van der Waals surface area contributed by atoms with E-state index in [0.29, 0.717) is 12.1 Å². The molecule has 1 amide bonds. The average Bonchev–Trinajstić information content (AvgIpc) is 2.97. The van der Waals surface area contributed by atoms with Crippen molar-refractivity contribution >= 4 is 11.7 Å². The molecule has 0 spiro atoms. The quantitative estimate of drug-likeness (QED) is 0.865. The zero-order chi connectivity index (χ0) is 14.4. The molecule has 1 aromatic rings. The minimum Gasteiger partial charge on any atom is -0.376 e. The smallest absolute Gasteiger partial charge is 0.253 e. The number of likely N-dealkylation sites (N-methyl/N-ethyl adjacent to an activating group) is 1. The Labute approximate surface area is 120 Å². The predicted molar refractivity (Wildman–Crippen MR) is 79.0 cm³/mol. The molecule has 1 N–H and O–H groups in total. The number of carbonyl (C=O) groups excluding carboxylic acids is 1. The lowest BCUT2D eigenvalue weighted by Gasteiger charge is -2.21. The standard InChI is InChI=1S/C15H23N3O2/c1-3-7-16-14-10-12(6-8-17-14)15(19)18(2)11-13-5-4-9-20-13/h6,8,10,13H,3-5,7,9,11H2,1-2H3,(H,16,17). The molecule has 110 valence electrons. The van der Waals surface area contributed by atoms with Crippen LogP contribution in [0.25, 0.3) is 0 Å². The molecular weight excluding hydrogens is 254 g/mol. The van der Waals surface area contributed by atoms with Gasteiger partial charge in [-0.3, -0.25) is 4.79 Å². The van der Waals surface area contributed by atoms with Gasteiger partial charge in [0.05, 0.1) is 6.10 Å². The lowest BCUT2D eigenvalue weighted by molar-refractivity contribution is 0.0587. The minimum absolute atomic E-state index is 0.0162. The summed E-state index contributed by atoms with van der Waals surface area (Å²) < 4.78 is 5.57. The number of ether oxygens (including phenoxy) is 1. The van der Waals surface area contributed by atoms with Crippen molar-refractivity contribution in [3.05, 3.63) is 23.9 Å². The highest BCUT2D eigenvalue weighted by Crippen LogP contribution is 2.15. The van der Waals surface area contributed by atoms with Gasteiger partial charge in [-0.05, 0) is 31.4 Å². The number of nitrogens with zero attached hydrogens (tertiary/aromatic N) is 2. The van der Waals surface area contributed by atoms with Gasteiger partial charge in [-0.25, -0.2) is 4.98 Å². The van der Waals surface area contributed by atoms with Crippen molar-refractivity contribution in [1.82, 2.24) is 9.88 Å². The molecule has 5 nitrogen and oxygen atoms in total. The van der Waals surface area contributed by atoms with E-state index >= 15 is 0 Å². The molecular formula is C15H23N3O2. The Morgan fingerprint density at radius 1 is 1.60 bits per heavy atom. The van der Waals surface area contributed by atoms with E-state index in [-0.39, 0.29) is 12.0 Å². The van der Waals surface area contributed by atoms with E-state index in [1.54, 1.807) is 17.2 Å². The number of carbonyl (C=O) groups is 1.